The summed E-state index contributed by atoms with van der Waals surface area (Å²) in [5, 5.41) is 8.60. The Hall–Kier alpha value is -2.30. The van der Waals surface area contributed by atoms with Crippen molar-refractivity contribution in [3.05, 3.63) is 60.0 Å². The van der Waals surface area contributed by atoms with Crippen molar-refractivity contribution >= 4 is 11.8 Å². The Bertz CT molecular complexity index is 607. The van der Waals surface area contributed by atoms with Crippen molar-refractivity contribution in [2.24, 2.45) is 0 Å². The van der Waals surface area contributed by atoms with Crippen molar-refractivity contribution in [1.29, 1.82) is 0 Å². The molecule has 0 aliphatic heterocycles. The number of aliphatic carboxylic acids is 1. The van der Waals surface area contributed by atoms with Crippen molar-refractivity contribution < 1.29 is 23.5 Å². The van der Waals surface area contributed by atoms with E-state index in [1.54, 1.807) is 30.3 Å². The van der Waals surface area contributed by atoms with Gasteiger partial charge in [0.25, 0.3) is 0 Å². The largest absolute Gasteiger partial charge is 0.481 e. The third kappa shape index (κ3) is 3.24. The molecule has 0 spiro atoms. The van der Waals surface area contributed by atoms with Crippen LogP contribution in [0, 0.1) is 0 Å². The summed E-state index contributed by atoms with van der Waals surface area (Å²) in [7, 11) is 0. The number of carboxylic acid groups (broad SMARTS) is 1. The number of hydrogen-bond acceptors (Lipinski definition) is 2. The average Bonchev–Trinajstić information content (AvgIpc) is 2.45. The molecule has 0 saturated heterocycles. The minimum Gasteiger partial charge on any atom is -0.481 e. The van der Waals surface area contributed by atoms with Gasteiger partial charge in [-0.15, -0.1) is 0 Å². The summed E-state index contributed by atoms with van der Waals surface area (Å²) >= 11 is 0. The minimum absolute atomic E-state index is 0.479. The predicted molar refractivity (Wildman–Crippen MR) is 73.2 cm³/mol. The molecule has 21 heavy (non-hydrogen) atoms. The van der Waals surface area contributed by atoms with Crippen LogP contribution in [0.15, 0.2) is 54.4 Å². The van der Waals surface area contributed by atoms with E-state index in [0.717, 1.165) is 6.08 Å². The van der Waals surface area contributed by atoms with E-state index in [1.165, 1.54) is 6.08 Å². The fraction of sp³-hybridized carbons (Fsp3) is 0.250. The summed E-state index contributed by atoms with van der Waals surface area (Å²) in [5.41, 5.74) is -2.03. The predicted octanol–water partition coefficient (Wildman–Crippen LogP) is 3.34. The van der Waals surface area contributed by atoms with Crippen LogP contribution in [0.25, 0.3) is 0 Å². The van der Waals surface area contributed by atoms with E-state index in [2.05, 4.69) is 0 Å². The highest BCUT2D eigenvalue weighted by Crippen LogP contribution is 2.40. The lowest BCUT2D eigenvalue weighted by molar-refractivity contribution is -0.140. The van der Waals surface area contributed by atoms with Gasteiger partial charge in [0.2, 0.25) is 0 Å². The number of benzene rings is 1. The minimum atomic E-state index is -2.56. The Morgan fingerprint density at radius 3 is 2.48 bits per heavy atom. The van der Waals surface area contributed by atoms with Crippen molar-refractivity contribution in [3.8, 4) is 0 Å². The number of halogens is 2. The molecule has 3 nitrogen and oxygen atoms in total. The van der Waals surface area contributed by atoms with Crippen LogP contribution < -0.4 is 0 Å². The van der Waals surface area contributed by atoms with E-state index in [1.807, 2.05) is 0 Å². The number of carboxylic acids is 1. The smallest absolute Gasteiger partial charge is 0.303 e. The van der Waals surface area contributed by atoms with E-state index in [9.17, 15) is 14.0 Å². The fourth-order valence-corrected chi connectivity index (χ4v) is 2.35. The number of Topliss-reactive ketones (excluding diaryl/α,β-unsaturated/α-hetero) is 1. The Morgan fingerprint density at radius 1 is 1.19 bits per heavy atom. The van der Waals surface area contributed by atoms with E-state index in [0.29, 0.717) is 11.6 Å². The lowest BCUT2D eigenvalue weighted by Crippen LogP contribution is -2.39. The van der Waals surface area contributed by atoms with E-state index >= 15 is 4.39 Å². The first-order chi connectivity index (χ1) is 9.93. The SMILES string of the molecule is O=C(O)CCC(=O)C1(F)C=C(F)C=CC1c1ccccc1. The van der Waals surface area contributed by atoms with Crippen molar-refractivity contribution in [3.63, 3.8) is 0 Å². The van der Waals surface area contributed by atoms with Gasteiger partial charge in [-0.3, -0.25) is 9.59 Å². The molecule has 0 aromatic heterocycles. The quantitative estimate of drug-likeness (QED) is 0.905. The first-order valence-electron chi connectivity index (χ1n) is 6.49. The van der Waals surface area contributed by atoms with Gasteiger partial charge in [-0.1, -0.05) is 36.4 Å². The maximum atomic E-state index is 15.1. The Morgan fingerprint density at radius 2 is 1.86 bits per heavy atom. The van der Waals surface area contributed by atoms with Crippen LogP contribution in [0.4, 0.5) is 8.78 Å². The average molecular weight is 292 g/mol. The molecule has 1 aromatic rings. The highest BCUT2D eigenvalue weighted by molar-refractivity contribution is 5.93. The van der Waals surface area contributed by atoms with Crippen LogP contribution in [0.2, 0.25) is 0 Å². The Labute approximate surface area is 120 Å². The highest BCUT2D eigenvalue weighted by Gasteiger charge is 2.45. The maximum absolute atomic E-state index is 15.1. The van der Waals surface area contributed by atoms with E-state index in [4.69, 9.17) is 5.11 Å². The zero-order valence-electron chi connectivity index (χ0n) is 11.1. The van der Waals surface area contributed by atoms with Gasteiger partial charge >= 0.3 is 5.97 Å². The van der Waals surface area contributed by atoms with E-state index in [-0.39, 0.29) is 0 Å². The van der Waals surface area contributed by atoms with Crippen LogP contribution >= 0.6 is 0 Å². The van der Waals surface area contributed by atoms with Crippen molar-refractivity contribution in [2.75, 3.05) is 0 Å². The Balaban J connectivity index is 2.33. The number of carbonyl (C=O) groups excluding carboxylic acids is 1. The number of alkyl halides is 1. The normalized spacial score (nSPS) is 24.5. The van der Waals surface area contributed by atoms with Crippen LogP contribution in [0.1, 0.15) is 24.3 Å². The molecular formula is C16H14F2O3. The van der Waals surface area contributed by atoms with Gasteiger partial charge in [-0.2, -0.15) is 0 Å². The van der Waals surface area contributed by atoms with Gasteiger partial charge in [0.1, 0.15) is 5.83 Å². The summed E-state index contributed by atoms with van der Waals surface area (Å²) in [6.45, 7) is 0. The third-order valence-electron chi connectivity index (χ3n) is 3.40. The molecule has 5 heteroatoms. The van der Waals surface area contributed by atoms with Crippen LogP contribution in [0.5, 0.6) is 0 Å². The molecule has 0 fully saturated rings. The molecule has 2 atom stereocenters. The summed E-state index contributed by atoms with van der Waals surface area (Å²) in [4.78, 5) is 22.6. The summed E-state index contributed by atoms with van der Waals surface area (Å²) in [6, 6.07) is 8.42. The van der Waals surface area contributed by atoms with Gasteiger partial charge in [-0.05, 0) is 17.7 Å². The first kappa shape index (κ1) is 15.1. The van der Waals surface area contributed by atoms with Gasteiger partial charge in [-0.25, -0.2) is 8.78 Å². The lowest BCUT2D eigenvalue weighted by atomic mass is 9.76. The van der Waals surface area contributed by atoms with Gasteiger partial charge in [0.05, 0.1) is 6.42 Å². The molecule has 1 N–H and O–H groups in total. The van der Waals surface area contributed by atoms with Gasteiger partial charge in [0.15, 0.2) is 11.5 Å². The number of ketones is 1. The molecule has 0 saturated carbocycles. The van der Waals surface area contributed by atoms with Crippen molar-refractivity contribution in [2.45, 2.75) is 24.4 Å². The molecule has 110 valence electrons. The fourth-order valence-electron chi connectivity index (χ4n) is 2.35. The van der Waals surface area contributed by atoms with Crippen LogP contribution in [-0.2, 0) is 9.59 Å². The van der Waals surface area contributed by atoms with Crippen LogP contribution in [-0.4, -0.2) is 22.5 Å². The summed E-state index contributed by atoms with van der Waals surface area (Å²) < 4.78 is 28.5. The molecule has 0 heterocycles. The van der Waals surface area contributed by atoms with Crippen LogP contribution in [0.3, 0.4) is 0 Å². The number of allylic oxidation sites excluding steroid dienone is 4. The number of carbonyl (C=O) groups is 2. The van der Waals surface area contributed by atoms with Gasteiger partial charge < -0.3 is 5.11 Å². The monoisotopic (exact) mass is 292 g/mol. The second kappa shape index (κ2) is 5.99. The summed E-state index contributed by atoms with van der Waals surface area (Å²) in [6.07, 6.45) is 2.08. The zero-order valence-corrected chi connectivity index (χ0v) is 11.1. The second-order valence-electron chi connectivity index (χ2n) is 4.86. The number of hydrogen-bond donors (Lipinski definition) is 1. The third-order valence-corrected chi connectivity index (χ3v) is 3.40. The van der Waals surface area contributed by atoms with Crippen molar-refractivity contribution in [1.82, 2.24) is 0 Å². The molecule has 0 radical (unpaired) electrons. The van der Waals surface area contributed by atoms with E-state index < -0.39 is 42.0 Å². The molecule has 0 bridgehead atoms. The number of rotatable bonds is 5. The molecule has 1 aliphatic rings. The molecular weight excluding hydrogens is 278 g/mol. The molecule has 1 aromatic carbocycles. The van der Waals surface area contributed by atoms with Gasteiger partial charge in [0, 0.05) is 12.3 Å². The topological polar surface area (TPSA) is 54.4 Å². The highest BCUT2D eigenvalue weighted by atomic mass is 19.1. The molecule has 0 amide bonds. The summed E-state index contributed by atoms with van der Waals surface area (Å²) in [5.74, 6) is -3.93. The second-order valence-corrected chi connectivity index (χ2v) is 4.86. The Kier molecular flexibility index (Phi) is 4.31. The zero-order chi connectivity index (χ0) is 15.5. The molecule has 2 rings (SSSR count). The standard InChI is InChI=1S/C16H14F2O3/c17-12-6-7-13(11-4-2-1-3-5-11)16(18,10-12)14(19)8-9-15(20)21/h1-7,10,13H,8-9H2,(H,20,21). The maximum Gasteiger partial charge on any atom is 0.303 e. The first-order valence-corrected chi connectivity index (χ1v) is 6.49. The molecule has 2 unspecified atom stereocenters. The molecule has 1 aliphatic carbocycles. The lowest BCUT2D eigenvalue weighted by Gasteiger charge is -2.30.